The van der Waals surface area contributed by atoms with E-state index in [2.05, 4.69) is 69.3 Å². The summed E-state index contributed by atoms with van der Waals surface area (Å²) in [6, 6.07) is 18.8. The summed E-state index contributed by atoms with van der Waals surface area (Å²) in [5.41, 5.74) is 6.67. The van der Waals surface area contributed by atoms with Crippen molar-refractivity contribution in [1.29, 1.82) is 0 Å². The maximum Gasteiger partial charge on any atom is 0.0208 e. The number of aryl methyl sites for hydroxylation is 2. The number of rotatable bonds is 10. The molecule has 2 aromatic rings. The van der Waals surface area contributed by atoms with Crippen LogP contribution in [0.1, 0.15) is 107 Å². The Kier molecular flexibility index (Phi) is 8.40. The van der Waals surface area contributed by atoms with Crippen molar-refractivity contribution in [2.75, 3.05) is 0 Å². The fraction of sp³-hybridized carbons (Fsp3) is 0.586. The van der Waals surface area contributed by atoms with Gasteiger partial charge in [0.25, 0.3) is 0 Å². The first-order valence-electron chi connectivity index (χ1n) is 12.4. The molecule has 0 spiro atoms. The van der Waals surface area contributed by atoms with Crippen LogP contribution < -0.4 is 0 Å². The Morgan fingerprint density at radius 3 is 1.69 bits per heavy atom. The van der Waals surface area contributed by atoms with Crippen molar-refractivity contribution in [3.63, 3.8) is 0 Å². The lowest BCUT2D eigenvalue weighted by Gasteiger charge is -2.43. The maximum atomic E-state index is 2.46. The van der Waals surface area contributed by atoms with Gasteiger partial charge in [-0.05, 0) is 66.7 Å². The van der Waals surface area contributed by atoms with E-state index in [0.717, 1.165) is 5.92 Å². The van der Waals surface area contributed by atoms with Gasteiger partial charge in [-0.2, -0.15) is 0 Å². The average molecular weight is 391 g/mol. The molecule has 0 atom stereocenters. The second-order valence-electron chi connectivity index (χ2n) is 9.34. The second-order valence-corrected chi connectivity index (χ2v) is 9.34. The van der Waals surface area contributed by atoms with Crippen LogP contribution in [0.3, 0.4) is 0 Å². The molecular weight excluding hydrogens is 348 g/mol. The van der Waals surface area contributed by atoms with Crippen LogP contribution in [-0.4, -0.2) is 0 Å². The molecule has 0 heteroatoms. The summed E-state index contributed by atoms with van der Waals surface area (Å²) in [6.45, 7) is 6.96. The molecule has 0 N–H and O–H groups in total. The van der Waals surface area contributed by atoms with Gasteiger partial charge in [-0.1, -0.05) is 108 Å². The Morgan fingerprint density at radius 1 is 0.690 bits per heavy atom. The number of hydrogen-bond donors (Lipinski definition) is 0. The molecule has 1 saturated carbocycles. The van der Waals surface area contributed by atoms with Crippen LogP contribution in [0.15, 0.2) is 48.5 Å². The van der Waals surface area contributed by atoms with Gasteiger partial charge in [-0.15, -0.1) is 0 Å². The molecule has 158 valence electrons. The molecule has 0 nitrogen and oxygen atoms in total. The molecular formula is C29H42. The third kappa shape index (κ3) is 5.14. The molecule has 0 aliphatic heterocycles. The molecule has 2 aromatic carbocycles. The van der Waals surface area contributed by atoms with Crippen LogP contribution in [0.2, 0.25) is 0 Å². The van der Waals surface area contributed by atoms with Gasteiger partial charge in [0.2, 0.25) is 0 Å². The van der Waals surface area contributed by atoms with Gasteiger partial charge < -0.3 is 0 Å². The quantitative estimate of drug-likeness (QED) is 0.356. The van der Waals surface area contributed by atoms with E-state index in [1.807, 2.05) is 0 Å². The minimum absolute atomic E-state index is 0.221. The molecule has 0 bridgehead atoms. The summed E-state index contributed by atoms with van der Waals surface area (Å²) in [6.07, 6.45) is 15.9. The fourth-order valence-corrected chi connectivity index (χ4v) is 5.77. The van der Waals surface area contributed by atoms with Crippen molar-refractivity contribution in [1.82, 2.24) is 0 Å². The first-order chi connectivity index (χ1) is 14.2. The van der Waals surface area contributed by atoms with E-state index in [-0.39, 0.29) is 5.41 Å². The summed E-state index contributed by atoms with van der Waals surface area (Å²) >= 11 is 0. The molecule has 1 aliphatic rings. The summed E-state index contributed by atoms with van der Waals surface area (Å²) < 4.78 is 0. The van der Waals surface area contributed by atoms with Gasteiger partial charge in [-0.3, -0.25) is 0 Å². The van der Waals surface area contributed by atoms with E-state index >= 15 is 0 Å². The summed E-state index contributed by atoms with van der Waals surface area (Å²) in [5, 5.41) is 0. The van der Waals surface area contributed by atoms with Crippen molar-refractivity contribution < 1.29 is 0 Å². The molecule has 1 fully saturated rings. The first kappa shape index (κ1) is 22.1. The van der Waals surface area contributed by atoms with Crippen molar-refractivity contribution >= 4 is 0 Å². The molecule has 3 rings (SSSR count). The lowest BCUT2D eigenvalue weighted by Crippen LogP contribution is -2.35. The summed E-state index contributed by atoms with van der Waals surface area (Å²) in [4.78, 5) is 0. The van der Waals surface area contributed by atoms with E-state index in [1.54, 1.807) is 22.3 Å². The van der Waals surface area contributed by atoms with Crippen LogP contribution in [0, 0.1) is 5.92 Å². The van der Waals surface area contributed by atoms with Gasteiger partial charge in [0.15, 0.2) is 0 Å². The van der Waals surface area contributed by atoms with Crippen molar-refractivity contribution in [3.8, 4) is 0 Å². The second kappa shape index (κ2) is 11.0. The highest BCUT2D eigenvalue weighted by atomic mass is 14.4. The van der Waals surface area contributed by atoms with Crippen molar-refractivity contribution in [2.45, 2.75) is 103 Å². The smallest absolute Gasteiger partial charge is 0.0208 e. The molecule has 0 amide bonds. The van der Waals surface area contributed by atoms with E-state index in [0.29, 0.717) is 0 Å². The van der Waals surface area contributed by atoms with Crippen molar-refractivity contribution in [3.05, 3.63) is 70.8 Å². The zero-order valence-corrected chi connectivity index (χ0v) is 19.2. The van der Waals surface area contributed by atoms with Crippen molar-refractivity contribution in [2.24, 2.45) is 5.92 Å². The van der Waals surface area contributed by atoms with E-state index in [4.69, 9.17) is 0 Å². The van der Waals surface area contributed by atoms with Crippen LogP contribution in [0.4, 0.5) is 0 Å². The third-order valence-corrected chi connectivity index (χ3v) is 7.28. The highest BCUT2D eigenvalue weighted by molar-refractivity contribution is 5.47. The average Bonchev–Trinajstić information content (AvgIpc) is 2.76. The number of unbranched alkanes of at least 4 members (excludes halogenated alkanes) is 2. The predicted octanol–water partition coefficient (Wildman–Crippen LogP) is 8.65. The molecule has 0 saturated heterocycles. The lowest BCUT2D eigenvalue weighted by atomic mass is 9.60. The first-order valence-corrected chi connectivity index (χ1v) is 12.4. The SMILES string of the molecule is CCCCCC1CCC(c2ccccc2CCC)(c2ccccc2CCC)CC1. The van der Waals surface area contributed by atoms with Crippen LogP contribution >= 0.6 is 0 Å². The Bertz CT molecular complexity index is 682. The highest BCUT2D eigenvalue weighted by Gasteiger charge is 2.40. The summed E-state index contributed by atoms with van der Waals surface area (Å²) in [7, 11) is 0. The topological polar surface area (TPSA) is 0 Å². The van der Waals surface area contributed by atoms with E-state index in [1.165, 1.54) is 77.0 Å². The van der Waals surface area contributed by atoms with E-state index in [9.17, 15) is 0 Å². The largest absolute Gasteiger partial charge is 0.0654 e. The third-order valence-electron chi connectivity index (χ3n) is 7.28. The molecule has 0 heterocycles. The molecule has 0 aromatic heterocycles. The van der Waals surface area contributed by atoms with Crippen LogP contribution in [0.5, 0.6) is 0 Å². The Labute approximate surface area is 180 Å². The zero-order valence-electron chi connectivity index (χ0n) is 19.2. The highest BCUT2D eigenvalue weighted by Crippen LogP contribution is 2.49. The Morgan fingerprint density at radius 2 is 1.21 bits per heavy atom. The number of hydrogen-bond acceptors (Lipinski definition) is 0. The Balaban J connectivity index is 1.99. The Hall–Kier alpha value is -1.56. The molecule has 1 aliphatic carbocycles. The normalized spacial score (nSPS) is 16.8. The monoisotopic (exact) mass is 390 g/mol. The van der Waals surface area contributed by atoms with Gasteiger partial charge in [-0.25, -0.2) is 0 Å². The maximum absolute atomic E-state index is 2.46. The molecule has 0 unspecified atom stereocenters. The molecule has 0 radical (unpaired) electrons. The van der Waals surface area contributed by atoms with Gasteiger partial charge >= 0.3 is 0 Å². The minimum Gasteiger partial charge on any atom is -0.0654 e. The van der Waals surface area contributed by atoms with Gasteiger partial charge in [0.1, 0.15) is 0 Å². The van der Waals surface area contributed by atoms with E-state index < -0.39 is 0 Å². The fourth-order valence-electron chi connectivity index (χ4n) is 5.77. The standard InChI is InChI=1S/C29H42/c1-4-7-8-15-24-20-22-29(23-21-24,27-18-11-9-16-25(27)13-5-2)28-19-12-10-17-26(28)14-6-3/h9-12,16-19,24H,4-8,13-15,20-23H2,1-3H3. The predicted molar refractivity (Wildman–Crippen MR) is 128 cm³/mol. The van der Waals surface area contributed by atoms with Gasteiger partial charge in [0, 0.05) is 5.41 Å². The summed E-state index contributed by atoms with van der Waals surface area (Å²) in [5.74, 6) is 0.936. The minimum atomic E-state index is 0.221. The molecule has 29 heavy (non-hydrogen) atoms. The van der Waals surface area contributed by atoms with Crippen LogP contribution in [0.25, 0.3) is 0 Å². The number of benzene rings is 2. The van der Waals surface area contributed by atoms with Gasteiger partial charge in [0.05, 0.1) is 0 Å². The zero-order chi connectivity index (χ0) is 20.5. The van der Waals surface area contributed by atoms with Crippen LogP contribution in [-0.2, 0) is 18.3 Å². The lowest BCUT2D eigenvalue weighted by molar-refractivity contribution is 0.248.